The zero-order valence-corrected chi connectivity index (χ0v) is 13.8. The van der Waals surface area contributed by atoms with Gasteiger partial charge in [0.1, 0.15) is 23.3 Å². The Hall–Kier alpha value is -4.12. The highest BCUT2D eigenvalue weighted by molar-refractivity contribution is 5.57. The largest absolute Gasteiger partial charge is 0.287 e. The Balaban J connectivity index is 1.91. The summed E-state index contributed by atoms with van der Waals surface area (Å²) in [5, 5.41) is 17.7. The van der Waals surface area contributed by atoms with Crippen LogP contribution >= 0.6 is 0 Å². The number of benzene rings is 1. The molecule has 0 spiro atoms. The third-order valence-electron chi connectivity index (χ3n) is 3.91. The van der Waals surface area contributed by atoms with E-state index in [9.17, 15) is 14.4 Å². The van der Waals surface area contributed by atoms with Gasteiger partial charge in [0.05, 0.1) is 11.9 Å². The molecule has 0 saturated carbocycles. The third kappa shape index (κ3) is 2.87. The molecule has 0 unspecified atom stereocenters. The molecule has 0 radical (unpaired) electrons. The van der Waals surface area contributed by atoms with Crippen LogP contribution in [0.1, 0.15) is 5.69 Å². The molecule has 27 heavy (non-hydrogen) atoms. The maximum Gasteiger partial charge on any atom is 0.209 e. The quantitative estimate of drug-likeness (QED) is 0.561. The van der Waals surface area contributed by atoms with E-state index in [4.69, 9.17) is 0 Å². The SMILES string of the molecule is N#Cc1ncccc1-n1ccc(=O)c(-c2ccnn2-c2ccccc2F)n1. The van der Waals surface area contributed by atoms with Crippen molar-refractivity contribution in [3.63, 3.8) is 0 Å². The number of hydrogen-bond acceptors (Lipinski definition) is 5. The van der Waals surface area contributed by atoms with Crippen LogP contribution in [0.15, 0.2) is 71.9 Å². The normalized spacial score (nSPS) is 10.5. The van der Waals surface area contributed by atoms with E-state index in [0.29, 0.717) is 11.4 Å². The number of hydrogen-bond donors (Lipinski definition) is 0. The third-order valence-corrected chi connectivity index (χ3v) is 3.91. The molecule has 0 aliphatic rings. The number of halogens is 1. The maximum atomic E-state index is 14.2. The molecule has 3 heterocycles. The average molecular weight is 358 g/mol. The Morgan fingerprint density at radius 3 is 2.63 bits per heavy atom. The van der Waals surface area contributed by atoms with E-state index in [1.807, 2.05) is 6.07 Å². The zero-order valence-electron chi connectivity index (χ0n) is 13.8. The molecule has 0 amide bonds. The average Bonchev–Trinajstić information content (AvgIpc) is 3.18. The van der Waals surface area contributed by atoms with Crippen LogP contribution in [-0.4, -0.2) is 24.5 Å². The number of rotatable bonds is 3. The van der Waals surface area contributed by atoms with Gasteiger partial charge in [-0.1, -0.05) is 12.1 Å². The second kappa shape index (κ2) is 6.65. The van der Waals surface area contributed by atoms with Gasteiger partial charge in [-0.25, -0.2) is 18.7 Å². The minimum absolute atomic E-state index is 0.0750. The van der Waals surface area contributed by atoms with Crippen LogP contribution in [0.3, 0.4) is 0 Å². The smallest absolute Gasteiger partial charge is 0.209 e. The van der Waals surface area contributed by atoms with Gasteiger partial charge in [-0.2, -0.15) is 15.5 Å². The van der Waals surface area contributed by atoms with Gasteiger partial charge in [0.15, 0.2) is 11.4 Å². The topological polar surface area (TPSA) is 89.4 Å². The molecule has 1 aromatic carbocycles. The molecule has 4 rings (SSSR count). The van der Waals surface area contributed by atoms with Gasteiger partial charge in [-0.05, 0) is 30.3 Å². The van der Waals surface area contributed by atoms with Crippen LogP contribution in [0, 0.1) is 17.1 Å². The molecular formula is C19H11FN6O. The molecule has 0 atom stereocenters. The Morgan fingerprint density at radius 1 is 1.00 bits per heavy atom. The maximum absolute atomic E-state index is 14.2. The standard InChI is InChI=1S/C19H11FN6O/c20-13-4-1-2-5-15(13)26-17(7-10-23-26)19-18(27)8-11-25(24-19)16-6-3-9-22-14(16)12-21/h1-11H. The number of aromatic nitrogens is 5. The fourth-order valence-corrected chi connectivity index (χ4v) is 2.69. The monoisotopic (exact) mass is 358 g/mol. The fraction of sp³-hybridized carbons (Fsp3) is 0. The van der Waals surface area contributed by atoms with Crippen molar-refractivity contribution >= 4 is 0 Å². The number of pyridine rings is 1. The molecule has 130 valence electrons. The lowest BCUT2D eigenvalue weighted by Crippen LogP contribution is -2.15. The van der Waals surface area contributed by atoms with Gasteiger partial charge >= 0.3 is 0 Å². The first-order valence-electron chi connectivity index (χ1n) is 7.94. The highest BCUT2D eigenvalue weighted by Crippen LogP contribution is 2.20. The van der Waals surface area contributed by atoms with Crippen LogP contribution in [0.2, 0.25) is 0 Å². The van der Waals surface area contributed by atoms with E-state index in [0.717, 1.165) is 0 Å². The van der Waals surface area contributed by atoms with E-state index < -0.39 is 5.82 Å². The van der Waals surface area contributed by atoms with Crippen LogP contribution in [0.25, 0.3) is 22.8 Å². The van der Waals surface area contributed by atoms with Gasteiger partial charge in [-0.3, -0.25) is 4.79 Å². The van der Waals surface area contributed by atoms with E-state index in [-0.39, 0.29) is 22.5 Å². The van der Waals surface area contributed by atoms with Gasteiger partial charge in [0, 0.05) is 18.5 Å². The minimum atomic E-state index is -0.474. The van der Waals surface area contributed by atoms with Crippen molar-refractivity contribution in [3.8, 4) is 28.8 Å². The summed E-state index contributed by atoms with van der Waals surface area (Å²) in [5.74, 6) is -0.474. The van der Waals surface area contributed by atoms with Crippen molar-refractivity contribution in [1.82, 2.24) is 24.5 Å². The molecule has 0 N–H and O–H groups in total. The van der Waals surface area contributed by atoms with Crippen LogP contribution in [0.4, 0.5) is 4.39 Å². The lowest BCUT2D eigenvalue weighted by atomic mass is 10.2. The molecule has 0 aliphatic heterocycles. The van der Waals surface area contributed by atoms with Crippen LogP contribution < -0.4 is 5.43 Å². The molecule has 4 aromatic rings. The summed E-state index contributed by atoms with van der Waals surface area (Å²) in [7, 11) is 0. The molecular weight excluding hydrogens is 347 g/mol. The zero-order chi connectivity index (χ0) is 18.8. The summed E-state index contributed by atoms with van der Waals surface area (Å²) < 4.78 is 16.9. The van der Waals surface area contributed by atoms with Gasteiger partial charge in [0.25, 0.3) is 0 Å². The highest BCUT2D eigenvalue weighted by Gasteiger charge is 2.16. The molecule has 3 aromatic heterocycles. The second-order valence-corrected chi connectivity index (χ2v) is 5.54. The molecule has 0 saturated heterocycles. The number of nitrogens with zero attached hydrogens (tertiary/aromatic N) is 6. The Bertz CT molecular complexity index is 1240. The fourth-order valence-electron chi connectivity index (χ4n) is 2.69. The van der Waals surface area contributed by atoms with Crippen molar-refractivity contribution < 1.29 is 4.39 Å². The first-order chi connectivity index (χ1) is 13.2. The van der Waals surface area contributed by atoms with Crippen molar-refractivity contribution in [3.05, 3.63) is 88.9 Å². The minimum Gasteiger partial charge on any atom is -0.287 e. The van der Waals surface area contributed by atoms with E-state index in [1.165, 1.54) is 40.1 Å². The van der Waals surface area contributed by atoms with Crippen molar-refractivity contribution in [2.45, 2.75) is 0 Å². The molecule has 0 fully saturated rings. The van der Waals surface area contributed by atoms with Gasteiger partial charge in [0.2, 0.25) is 5.43 Å². The van der Waals surface area contributed by atoms with E-state index >= 15 is 0 Å². The number of para-hydroxylation sites is 1. The molecule has 0 bridgehead atoms. The van der Waals surface area contributed by atoms with Crippen molar-refractivity contribution in [2.24, 2.45) is 0 Å². The summed E-state index contributed by atoms with van der Waals surface area (Å²) in [6, 6.07) is 14.3. The molecule has 0 aliphatic carbocycles. The lowest BCUT2D eigenvalue weighted by Gasteiger charge is -2.10. The summed E-state index contributed by atoms with van der Waals surface area (Å²) >= 11 is 0. The first-order valence-corrected chi connectivity index (χ1v) is 7.94. The molecule has 8 heteroatoms. The Kier molecular flexibility index (Phi) is 4.03. The van der Waals surface area contributed by atoms with Gasteiger partial charge in [-0.15, -0.1) is 0 Å². The van der Waals surface area contributed by atoms with Crippen LogP contribution in [-0.2, 0) is 0 Å². The Labute approximate surface area is 152 Å². The Morgan fingerprint density at radius 2 is 1.81 bits per heavy atom. The molecule has 7 nitrogen and oxygen atoms in total. The van der Waals surface area contributed by atoms with Crippen LogP contribution in [0.5, 0.6) is 0 Å². The summed E-state index contributed by atoms with van der Waals surface area (Å²) in [6.07, 6.45) is 4.41. The summed E-state index contributed by atoms with van der Waals surface area (Å²) in [6.45, 7) is 0. The second-order valence-electron chi connectivity index (χ2n) is 5.54. The van der Waals surface area contributed by atoms with Gasteiger partial charge < -0.3 is 0 Å². The summed E-state index contributed by atoms with van der Waals surface area (Å²) in [5.41, 5.74) is 0.855. The predicted octanol–water partition coefficient (Wildman–Crippen LogP) is 2.49. The number of nitriles is 1. The first kappa shape index (κ1) is 16.4. The predicted molar refractivity (Wildman–Crippen MR) is 94.9 cm³/mol. The highest BCUT2D eigenvalue weighted by atomic mass is 19.1. The summed E-state index contributed by atoms with van der Waals surface area (Å²) in [4.78, 5) is 16.4. The lowest BCUT2D eigenvalue weighted by molar-refractivity contribution is 0.611. The van der Waals surface area contributed by atoms with E-state index in [1.54, 1.807) is 36.4 Å². The van der Waals surface area contributed by atoms with E-state index in [2.05, 4.69) is 15.2 Å². The van der Waals surface area contributed by atoms with Crippen molar-refractivity contribution in [2.75, 3.05) is 0 Å². The van der Waals surface area contributed by atoms with Crippen molar-refractivity contribution in [1.29, 1.82) is 5.26 Å².